The molecule has 1 aromatic carbocycles. The summed E-state index contributed by atoms with van der Waals surface area (Å²) in [5.41, 5.74) is 3.01. The quantitative estimate of drug-likeness (QED) is 0.525. The van der Waals surface area contributed by atoms with Crippen molar-refractivity contribution >= 4 is 27.4 Å². The second kappa shape index (κ2) is 10.3. The third kappa shape index (κ3) is 5.58. The molecule has 1 fully saturated rings. The molecule has 1 aliphatic rings. The summed E-state index contributed by atoms with van der Waals surface area (Å²) in [6.45, 7) is 11.2. The molecule has 0 spiro atoms. The number of sulfonamides is 1. The first-order chi connectivity index (χ1) is 15.2. The topological polar surface area (TPSA) is 103 Å². The maximum atomic E-state index is 13.2. The van der Waals surface area contributed by atoms with Crippen LogP contribution in [0, 0.1) is 20.8 Å². The molecule has 1 amide bonds. The van der Waals surface area contributed by atoms with Crippen molar-refractivity contribution in [2.45, 2.75) is 45.4 Å². The molecule has 174 valence electrons. The third-order valence-corrected chi connectivity index (χ3v) is 7.16. The number of amides is 1. The molecule has 0 unspecified atom stereocenters. The highest BCUT2D eigenvalue weighted by Gasteiger charge is 2.24. The van der Waals surface area contributed by atoms with Gasteiger partial charge in [0, 0.05) is 32.7 Å². The molecule has 1 saturated heterocycles. The van der Waals surface area contributed by atoms with E-state index in [-0.39, 0.29) is 16.5 Å². The molecule has 3 rings (SSSR count). The first-order valence-electron chi connectivity index (χ1n) is 11.1. The Hall–Kier alpha value is -2.65. The standard InChI is InChI=1S/C23H33N5O3S/c1-5-6-7-25-23(29)20-14-19(15-26-22(20)28-10-8-24-9-11-28)27-32(30,31)21-17(3)12-16(2)13-18(21)4/h12-15,24,27H,5-11H2,1-4H3,(H,25,29). The van der Waals surface area contributed by atoms with Crippen molar-refractivity contribution in [3.8, 4) is 0 Å². The minimum Gasteiger partial charge on any atom is -0.353 e. The van der Waals surface area contributed by atoms with Gasteiger partial charge in [0.2, 0.25) is 0 Å². The molecular formula is C23H33N5O3S. The fourth-order valence-corrected chi connectivity index (χ4v) is 5.57. The SMILES string of the molecule is CCCCNC(=O)c1cc(NS(=O)(=O)c2c(C)cc(C)cc2C)cnc1N1CCNCC1. The molecule has 0 radical (unpaired) electrons. The van der Waals surface area contributed by atoms with E-state index in [1.54, 1.807) is 19.9 Å². The van der Waals surface area contributed by atoms with Crippen LogP contribution in [0.2, 0.25) is 0 Å². The van der Waals surface area contributed by atoms with E-state index in [0.717, 1.165) is 44.6 Å². The zero-order valence-corrected chi connectivity index (χ0v) is 20.1. The van der Waals surface area contributed by atoms with Crippen LogP contribution in [0.25, 0.3) is 0 Å². The number of carbonyl (C=O) groups excluding carboxylic acids is 1. The number of benzene rings is 1. The summed E-state index contributed by atoms with van der Waals surface area (Å²) in [5, 5.41) is 6.22. The van der Waals surface area contributed by atoms with Crippen LogP contribution in [0.1, 0.15) is 46.8 Å². The monoisotopic (exact) mass is 459 g/mol. The van der Waals surface area contributed by atoms with E-state index in [0.29, 0.717) is 29.1 Å². The smallest absolute Gasteiger partial charge is 0.262 e. The summed E-state index contributed by atoms with van der Waals surface area (Å²) in [7, 11) is -3.84. The average Bonchev–Trinajstić information content (AvgIpc) is 2.73. The second-order valence-electron chi connectivity index (χ2n) is 8.28. The van der Waals surface area contributed by atoms with Crippen LogP contribution in [-0.2, 0) is 10.0 Å². The van der Waals surface area contributed by atoms with Crippen LogP contribution in [-0.4, -0.2) is 52.0 Å². The van der Waals surface area contributed by atoms with Gasteiger partial charge in [-0.3, -0.25) is 9.52 Å². The van der Waals surface area contributed by atoms with Crippen molar-refractivity contribution in [2.24, 2.45) is 0 Å². The number of aryl methyl sites for hydroxylation is 3. The van der Waals surface area contributed by atoms with Crippen molar-refractivity contribution in [1.29, 1.82) is 0 Å². The Morgan fingerprint density at radius 3 is 2.41 bits per heavy atom. The Morgan fingerprint density at radius 1 is 1.12 bits per heavy atom. The summed E-state index contributed by atoms with van der Waals surface area (Å²) in [4.78, 5) is 19.8. The lowest BCUT2D eigenvalue weighted by molar-refractivity contribution is 0.0953. The largest absolute Gasteiger partial charge is 0.353 e. The molecule has 0 saturated carbocycles. The van der Waals surface area contributed by atoms with Gasteiger partial charge >= 0.3 is 0 Å². The number of nitrogens with one attached hydrogen (secondary N) is 3. The molecular weight excluding hydrogens is 426 g/mol. The third-order valence-electron chi connectivity index (χ3n) is 5.47. The van der Waals surface area contributed by atoms with Crippen LogP contribution < -0.4 is 20.3 Å². The van der Waals surface area contributed by atoms with Crippen LogP contribution in [0.3, 0.4) is 0 Å². The maximum absolute atomic E-state index is 13.2. The van der Waals surface area contributed by atoms with Gasteiger partial charge in [0.1, 0.15) is 5.82 Å². The number of anilines is 2. The van der Waals surface area contributed by atoms with E-state index in [2.05, 4.69) is 32.2 Å². The Morgan fingerprint density at radius 2 is 1.78 bits per heavy atom. The van der Waals surface area contributed by atoms with Crippen LogP contribution in [0.15, 0.2) is 29.3 Å². The number of piperazine rings is 1. The number of aromatic nitrogens is 1. The van der Waals surface area contributed by atoms with Crippen molar-refractivity contribution < 1.29 is 13.2 Å². The van der Waals surface area contributed by atoms with Gasteiger partial charge in [-0.2, -0.15) is 0 Å². The number of rotatable bonds is 8. The highest BCUT2D eigenvalue weighted by atomic mass is 32.2. The number of nitrogens with zero attached hydrogens (tertiary/aromatic N) is 2. The van der Waals surface area contributed by atoms with Crippen LogP contribution in [0.4, 0.5) is 11.5 Å². The lowest BCUT2D eigenvalue weighted by atomic mass is 10.1. The molecule has 3 N–H and O–H groups in total. The highest BCUT2D eigenvalue weighted by molar-refractivity contribution is 7.92. The Kier molecular flexibility index (Phi) is 7.73. The van der Waals surface area contributed by atoms with Crippen LogP contribution >= 0.6 is 0 Å². The molecule has 1 aliphatic heterocycles. The number of hydrogen-bond acceptors (Lipinski definition) is 6. The highest BCUT2D eigenvalue weighted by Crippen LogP contribution is 2.27. The number of hydrogen-bond donors (Lipinski definition) is 3. The van der Waals surface area contributed by atoms with Gasteiger partial charge in [-0.1, -0.05) is 31.0 Å². The van der Waals surface area contributed by atoms with Crippen molar-refractivity contribution in [2.75, 3.05) is 42.3 Å². The number of unbranched alkanes of at least 4 members (excludes halogenated alkanes) is 1. The fourth-order valence-electron chi connectivity index (χ4n) is 4.08. The van der Waals surface area contributed by atoms with Crippen LogP contribution in [0.5, 0.6) is 0 Å². The molecule has 0 bridgehead atoms. The van der Waals surface area contributed by atoms with Gasteiger partial charge in [-0.15, -0.1) is 0 Å². The van der Waals surface area contributed by atoms with Crippen molar-refractivity contribution in [1.82, 2.24) is 15.6 Å². The van der Waals surface area contributed by atoms with Gasteiger partial charge < -0.3 is 15.5 Å². The fraction of sp³-hybridized carbons (Fsp3) is 0.478. The molecule has 0 atom stereocenters. The molecule has 2 heterocycles. The normalized spacial score (nSPS) is 14.3. The van der Waals surface area contributed by atoms with E-state index in [9.17, 15) is 13.2 Å². The molecule has 32 heavy (non-hydrogen) atoms. The Balaban J connectivity index is 1.95. The molecule has 9 heteroatoms. The summed E-state index contributed by atoms with van der Waals surface area (Å²) < 4.78 is 29.0. The van der Waals surface area contributed by atoms with Gasteiger partial charge in [0.15, 0.2) is 0 Å². The first kappa shape index (κ1) is 24.0. The van der Waals surface area contributed by atoms with Gasteiger partial charge in [0.25, 0.3) is 15.9 Å². The minimum atomic E-state index is -3.84. The van der Waals surface area contributed by atoms with Crippen molar-refractivity contribution in [3.63, 3.8) is 0 Å². The Labute approximate surface area is 190 Å². The first-order valence-corrected chi connectivity index (χ1v) is 12.6. The zero-order chi connectivity index (χ0) is 23.3. The number of pyridine rings is 1. The van der Waals surface area contributed by atoms with Gasteiger partial charge in [-0.25, -0.2) is 13.4 Å². The van der Waals surface area contributed by atoms with Crippen molar-refractivity contribution in [3.05, 3.63) is 46.6 Å². The van der Waals surface area contributed by atoms with E-state index in [1.165, 1.54) is 6.20 Å². The summed E-state index contributed by atoms with van der Waals surface area (Å²) in [6, 6.07) is 5.28. The Bertz CT molecular complexity index is 1060. The van der Waals surface area contributed by atoms with E-state index >= 15 is 0 Å². The predicted octanol–water partition coefficient (Wildman–Crippen LogP) is 2.75. The maximum Gasteiger partial charge on any atom is 0.262 e. The lowest BCUT2D eigenvalue weighted by Crippen LogP contribution is -2.44. The van der Waals surface area contributed by atoms with E-state index < -0.39 is 10.0 Å². The number of carbonyl (C=O) groups is 1. The molecule has 0 aliphatic carbocycles. The summed E-state index contributed by atoms with van der Waals surface area (Å²) >= 11 is 0. The molecule has 2 aromatic rings. The van der Waals surface area contributed by atoms with E-state index in [1.807, 2.05) is 19.1 Å². The van der Waals surface area contributed by atoms with Gasteiger partial charge in [-0.05, 0) is 44.4 Å². The van der Waals surface area contributed by atoms with Gasteiger partial charge in [0.05, 0.1) is 22.3 Å². The predicted molar refractivity (Wildman–Crippen MR) is 128 cm³/mol. The summed E-state index contributed by atoms with van der Waals surface area (Å²) in [5.74, 6) is 0.328. The summed E-state index contributed by atoms with van der Waals surface area (Å²) in [6.07, 6.45) is 3.33. The average molecular weight is 460 g/mol. The lowest BCUT2D eigenvalue weighted by Gasteiger charge is -2.30. The minimum absolute atomic E-state index is 0.247. The molecule has 1 aromatic heterocycles. The second-order valence-corrected chi connectivity index (χ2v) is 9.89. The zero-order valence-electron chi connectivity index (χ0n) is 19.3. The van der Waals surface area contributed by atoms with E-state index in [4.69, 9.17) is 0 Å². The molecule has 8 nitrogen and oxygen atoms in total.